The highest BCUT2D eigenvalue weighted by Crippen LogP contribution is 2.34. The van der Waals surface area contributed by atoms with Crippen molar-refractivity contribution >= 4 is 17.6 Å². The van der Waals surface area contributed by atoms with Crippen molar-refractivity contribution in [2.24, 2.45) is 0 Å². The summed E-state index contributed by atoms with van der Waals surface area (Å²) in [6, 6.07) is 2.35. The molecule has 2 amide bonds. The van der Waals surface area contributed by atoms with Crippen LogP contribution in [0.2, 0.25) is 5.02 Å². The number of benzene rings is 1. The zero-order valence-electron chi connectivity index (χ0n) is 10.6. The van der Waals surface area contributed by atoms with Gasteiger partial charge in [-0.15, -0.1) is 0 Å². The first-order valence-electron chi connectivity index (χ1n) is 5.86. The van der Waals surface area contributed by atoms with Gasteiger partial charge in [0, 0.05) is 13.1 Å². The molecule has 0 saturated carbocycles. The van der Waals surface area contributed by atoms with Gasteiger partial charge in [0.25, 0.3) is 0 Å². The van der Waals surface area contributed by atoms with E-state index in [0.717, 1.165) is 29.7 Å². The maximum absolute atomic E-state index is 12.5. The van der Waals surface area contributed by atoms with E-state index in [1.165, 1.54) is 7.05 Å². The molecule has 20 heavy (non-hydrogen) atoms. The van der Waals surface area contributed by atoms with E-state index in [-0.39, 0.29) is 16.8 Å². The van der Waals surface area contributed by atoms with Crippen LogP contribution in [0.15, 0.2) is 18.2 Å². The minimum absolute atomic E-state index is 0.00367. The lowest BCUT2D eigenvalue weighted by atomic mass is 10.2. The van der Waals surface area contributed by atoms with E-state index >= 15 is 0 Å². The first-order valence-corrected chi connectivity index (χ1v) is 6.24. The second-order valence-electron chi connectivity index (χ2n) is 4.35. The first-order chi connectivity index (χ1) is 9.29. The molecule has 1 aliphatic rings. The summed E-state index contributed by atoms with van der Waals surface area (Å²) in [5.74, 6) is -0.00367. The van der Waals surface area contributed by atoms with Crippen LogP contribution < -0.4 is 4.84 Å². The van der Waals surface area contributed by atoms with E-state index in [1.807, 2.05) is 0 Å². The number of urea groups is 1. The van der Waals surface area contributed by atoms with Crippen LogP contribution in [0.25, 0.3) is 0 Å². The molecule has 1 fully saturated rings. The number of halogens is 4. The maximum Gasteiger partial charge on any atom is 0.416 e. The van der Waals surface area contributed by atoms with Crippen molar-refractivity contribution in [2.45, 2.75) is 12.6 Å². The Morgan fingerprint density at radius 2 is 2.05 bits per heavy atom. The number of alkyl halides is 3. The van der Waals surface area contributed by atoms with E-state index in [2.05, 4.69) is 0 Å². The number of rotatable bonds is 2. The molecule has 110 valence electrons. The number of likely N-dealkylation sites (tertiary alicyclic amines) is 1. The molecule has 1 aromatic carbocycles. The fourth-order valence-electron chi connectivity index (χ4n) is 1.64. The van der Waals surface area contributed by atoms with Crippen molar-refractivity contribution < 1.29 is 22.8 Å². The zero-order valence-corrected chi connectivity index (χ0v) is 11.3. The third-order valence-corrected chi connectivity index (χ3v) is 3.19. The highest BCUT2D eigenvalue weighted by atomic mass is 35.5. The number of amides is 2. The molecule has 0 atom stereocenters. The molecule has 1 aliphatic heterocycles. The van der Waals surface area contributed by atoms with Crippen molar-refractivity contribution in [2.75, 3.05) is 20.1 Å². The maximum atomic E-state index is 12.5. The van der Waals surface area contributed by atoms with E-state index in [0.29, 0.717) is 13.1 Å². The third-order valence-electron chi connectivity index (χ3n) is 2.89. The van der Waals surface area contributed by atoms with Gasteiger partial charge in [-0.05, 0) is 24.6 Å². The predicted molar refractivity (Wildman–Crippen MR) is 66.4 cm³/mol. The predicted octanol–water partition coefficient (Wildman–Crippen LogP) is 3.41. The van der Waals surface area contributed by atoms with Crippen molar-refractivity contribution in [1.29, 1.82) is 0 Å². The van der Waals surface area contributed by atoms with E-state index in [4.69, 9.17) is 16.4 Å². The lowest BCUT2D eigenvalue weighted by molar-refractivity contribution is -0.137. The Hall–Kier alpha value is -1.63. The first kappa shape index (κ1) is 14.8. The van der Waals surface area contributed by atoms with Gasteiger partial charge in [-0.3, -0.25) is 0 Å². The Bertz CT molecular complexity index is 518. The fraction of sp³-hybridized carbons (Fsp3) is 0.417. The Balaban J connectivity index is 2.07. The van der Waals surface area contributed by atoms with Crippen LogP contribution in [0.5, 0.6) is 5.75 Å². The summed E-state index contributed by atoms with van der Waals surface area (Å²) in [7, 11) is 1.38. The number of hydroxylamine groups is 2. The highest BCUT2D eigenvalue weighted by molar-refractivity contribution is 6.32. The average molecular weight is 309 g/mol. The highest BCUT2D eigenvalue weighted by Gasteiger charge is 2.31. The molecule has 1 heterocycles. The summed E-state index contributed by atoms with van der Waals surface area (Å²) in [6.45, 7) is 1.29. The zero-order chi connectivity index (χ0) is 14.9. The molecule has 8 heteroatoms. The number of carbonyl (C=O) groups is 1. The third kappa shape index (κ3) is 3.09. The molecule has 0 N–H and O–H groups in total. The number of hydrogen-bond acceptors (Lipinski definition) is 2. The molecular weight excluding hydrogens is 297 g/mol. The van der Waals surface area contributed by atoms with Gasteiger partial charge in [0.15, 0.2) is 5.75 Å². The Morgan fingerprint density at radius 1 is 1.40 bits per heavy atom. The summed E-state index contributed by atoms with van der Waals surface area (Å²) in [5.41, 5.74) is -0.869. The fourth-order valence-corrected chi connectivity index (χ4v) is 1.86. The number of hydrogen-bond donors (Lipinski definition) is 0. The van der Waals surface area contributed by atoms with Crippen LogP contribution in [0, 0.1) is 0 Å². The molecule has 0 spiro atoms. The van der Waals surface area contributed by atoms with Crippen molar-refractivity contribution in [3.8, 4) is 5.75 Å². The van der Waals surface area contributed by atoms with Gasteiger partial charge >= 0.3 is 12.2 Å². The molecule has 1 aromatic rings. The Kier molecular flexibility index (Phi) is 3.99. The summed E-state index contributed by atoms with van der Waals surface area (Å²) >= 11 is 5.74. The second-order valence-corrected chi connectivity index (χ2v) is 4.76. The molecule has 2 rings (SSSR count). The topological polar surface area (TPSA) is 32.8 Å². The summed E-state index contributed by atoms with van der Waals surface area (Å²) in [6.07, 6.45) is -3.54. The lowest BCUT2D eigenvalue weighted by Gasteiger charge is -2.33. The van der Waals surface area contributed by atoms with Crippen LogP contribution in [-0.2, 0) is 6.18 Å². The smallest absolute Gasteiger partial charge is 0.374 e. The Morgan fingerprint density at radius 3 is 2.50 bits per heavy atom. The number of carbonyl (C=O) groups excluding carboxylic acids is 1. The second kappa shape index (κ2) is 5.40. The lowest BCUT2D eigenvalue weighted by Crippen LogP contribution is -2.49. The molecule has 0 bridgehead atoms. The quantitative estimate of drug-likeness (QED) is 0.784. The molecular formula is C12H12ClF3N2O2. The van der Waals surface area contributed by atoms with Gasteiger partial charge in [-0.2, -0.15) is 18.2 Å². The van der Waals surface area contributed by atoms with Gasteiger partial charge in [-0.25, -0.2) is 4.79 Å². The molecule has 0 unspecified atom stereocenters. The van der Waals surface area contributed by atoms with Crippen LogP contribution >= 0.6 is 11.6 Å². The molecule has 1 saturated heterocycles. The van der Waals surface area contributed by atoms with E-state index in [1.54, 1.807) is 4.90 Å². The Labute approximate surface area is 118 Å². The van der Waals surface area contributed by atoms with Crippen molar-refractivity contribution in [1.82, 2.24) is 9.96 Å². The standard InChI is InChI=1S/C12H12ClF3N2O2/c1-17(11(19)18-5-2-6-18)20-10-4-3-8(7-9(10)13)12(14,15)16/h3-4,7H,2,5-6H2,1H3. The van der Waals surface area contributed by atoms with Crippen LogP contribution in [0.1, 0.15) is 12.0 Å². The monoisotopic (exact) mass is 308 g/mol. The van der Waals surface area contributed by atoms with E-state index < -0.39 is 11.7 Å². The molecule has 0 radical (unpaired) electrons. The number of nitrogens with zero attached hydrogens (tertiary/aromatic N) is 2. The van der Waals surface area contributed by atoms with Crippen LogP contribution in [0.3, 0.4) is 0 Å². The van der Waals surface area contributed by atoms with Crippen molar-refractivity contribution in [3.63, 3.8) is 0 Å². The van der Waals surface area contributed by atoms with Gasteiger partial charge < -0.3 is 9.74 Å². The van der Waals surface area contributed by atoms with Crippen molar-refractivity contribution in [3.05, 3.63) is 28.8 Å². The average Bonchev–Trinajstić information content (AvgIpc) is 2.27. The molecule has 0 aromatic heterocycles. The minimum Gasteiger partial charge on any atom is -0.374 e. The SMILES string of the molecule is CN(Oc1ccc(C(F)(F)F)cc1Cl)C(=O)N1CCC1. The van der Waals surface area contributed by atoms with Gasteiger partial charge in [0.05, 0.1) is 17.6 Å². The van der Waals surface area contributed by atoms with Gasteiger partial charge in [0.1, 0.15) is 0 Å². The van der Waals surface area contributed by atoms with Crippen LogP contribution in [0.4, 0.5) is 18.0 Å². The minimum atomic E-state index is -4.47. The molecule has 4 nitrogen and oxygen atoms in total. The summed E-state index contributed by atoms with van der Waals surface area (Å²) < 4.78 is 37.4. The van der Waals surface area contributed by atoms with Gasteiger partial charge in [0.2, 0.25) is 0 Å². The largest absolute Gasteiger partial charge is 0.416 e. The van der Waals surface area contributed by atoms with Crippen LogP contribution in [-0.4, -0.2) is 36.1 Å². The van der Waals surface area contributed by atoms with E-state index in [9.17, 15) is 18.0 Å². The van der Waals surface area contributed by atoms with Gasteiger partial charge in [-0.1, -0.05) is 11.6 Å². The summed E-state index contributed by atoms with van der Waals surface area (Å²) in [5, 5.41) is 0.747. The normalized spacial score (nSPS) is 14.8. The molecule has 0 aliphatic carbocycles. The summed E-state index contributed by atoms with van der Waals surface area (Å²) in [4.78, 5) is 18.5.